The van der Waals surface area contributed by atoms with Crippen LogP contribution in [-0.4, -0.2) is 41.5 Å². The maximum absolute atomic E-state index is 5.13. The Hall–Kier alpha value is 0.137. The molecule has 0 rings (SSSR count). The first kappa shape index (κ1) is 8.14. The summed E-state index contributed by atoms with van der Waals surface area (Å²) >= 11 is 0. The van der Waals surface area contributed by atoms with Crippen LogP contribution in [0.15, 0.2) is 0 Å². The lowest BCUT2D eigenvalue weighted by Gasteiger charge is -2.05. The first-order chi connectivity index (χ1) is 3.77. The predicted molar refractivity (Wildman–Crippen MR) is 35.9 cm³/mol. The molecule has 2 radical (unpaired) electrons. The third kappa shape index (κ3) is 6.14. The molecule has 3 heteroatoms. The second-order valence-corrected chi connectivity index (χ2v) is 2.71. The van der Waals surface area contributed by atoms with Crippen LogP contribution < -0.4 is 0 Å². The summed E-state index contributed by atoms with van der Waals surface area (Å²) in [5.41, 5.74) is 0. The van der Waals surface area contributed by atoms with Crippen molar-refractivity contribution in [2.75, 3.05) is 26.9 Å². The zero-order valence-electron chi connectivity index (χ0n) is 5.77. The third-order valence-corrected chi connectivity index (χ3v) is 1.88. The molecule has 0 aliphatic rings. The van der Waals surface area contributed by atoms with Crippen molar-refractivity contribution < 1.29 is 4.43 Å². The van der Waals surface area contributed by atoms with Gasteiger partial charge in [-0.05, 0) is 21.0 Å². The lowest BCUT2D eigenvalue weighted by molar-refractivity contribution is 0.341. The van der Waals surface area contributed by atoms with E-state index in [2.05, 4.69) is 4.90 Å². The van der Waals surface area contributed by atoms with Crippen LogP contribution >= 0.6 is 0 Å². The Morgan fingerprint density at radius 3 is 2.50 bits per heavy atom. The summed E-state index contributed by atoms with van der Waals surface area (Å²) in [5, 5.41) is 0. The van der Waals surface area contributed by atoms with E-state index < -0.39 is 0 Å². The minimum atomic E-state index is 0.639. The van der Waals surface area contributed by atoms with Crippen LogP contribution in [0.1, 0.15) is 6.92 Å². The van der Waals surface area contributed by atoms with E-state index in [-0.39, 0.29) is 0 Å². The van der Waals surface area contributed by atoms with E-state index in [1.165, 1.54) is 0 Å². The van der Waals surface area contributed by atoms with Gasteiger partial charge in [-0.2, -0.15) is 0 Å². The van der Waals surface area contributed by atoms with E-state index in [0.717, 1.165) is 12.8 Å². The Bertz CT molecular complexity index is 49.7. The van der Waals surface area contributed by atoms with Gasteiger partial charge in [0.15, 0.2) is 0 Å². The number of nitrogens with zero attached hydrogens (tertiary/aromatic N) is 1. The Labute approximate surface area is 53.8 Å². The van der Waals surface area contributed by atoms with Gasteiger partial charge < -0.3 is 9.33 Å². The van der Waals surface area contributed by atoms with Gasteiger partial charge in [0.25, 0.3) is 0 Å². The Morgan fingerprint density at radius 1 is 1.50 bits per heavy atom. The monoisotopic (exact) mass is 131 g/mol. The predicted octanol–water partition coefficient (Wildman–Crippen LogP) is 0.161. The van der Waals surface area contributed by atoms with E-state index in [9.17, 15) is 0 Å². The average molecular weight is 131 g/mol. The van der Waals surface area contributed by atoms with Gasteiger partial charge in [0.1, 0.15) is 0 Å². The second kappa shape index (κ2) is 5.28. The molecule has 0 saturated heterocycles. The molecular weight excluding hydrogens is 118 g/mol. The molecule has 2 nitrogen and oxygen atoms in total. The highest BCUT2D eigenvalue weighted by atomic mass is 28.2. The normalized spacial score (nSPS) is 10.5. The molecule has 0 atom stereocenters. The quantitative estimate of drug-likeness (QED) is 0.398. The maximum Gasteiger partial charge on any atom is 0.245 e. The summed E-state index contributed by atoms with van der Waals surface area (Å²) in [4.78, 5) is 2.12. The van der Waals surface area contributed by atoms with Crippen LogP contribution in [0.25, 0.3) is 0 Å². The molecule has 0 aromatic carbocycles. The second-order valence-electron chi connectivity index (χ2n) is 1.82. The molecule has 0 aromatic heterocycles. The van der Waals surface area contributed by atoms with Crippen molar-refractivity contribution in [1.29, 1.82) is 0 Å². The van der Waals surface area contributed by atoms with Gasteiger partial charge >= 0.3 is 0 Å². The Morgan fingerprint density at radius 2 is 2.12 bits per heavy atom. The zero-order valence-corrected chi connectivity index (χ0v) is 6.77. The van der Waals surface area contributed by atoms with Crippen LogP contribution in [0.3, 0.4) is 0 Å². The largest absolute Gasteiger partial charge is 0.416 e. The van der Waals surface area contributed by atoms with Gasteiger partial charge in [-0.1, -0.05) is 0 Å². The summed E-state index contributed by atoms with van der Waals surface area (Å²) in [6, 6.07) is 0. The molecule has 8 heavy (non-hydrogen) atoms. The topological polar surface area (TPSA) is 12.5 Å². The fraction of sp³-hybridized carbons (Fsp3) is 1.00. The summed E-state index contributed by atoms with van der Waals surface area (Å²) < 4.78 is 5.13. The highest BCUT2D eigenvalue weighted by molar-refractivity contribution is 6.27. The summed E-state index contributed by atoms with van der Waals surface area (Å²) in [5.74, 6) is 0. The highest BCUT2D eigenvalue weighted by Crippen LogP contribution is 1.72. The van der Waals surface area contributed by atoms with Crippen molar-refractivity contribution in [1.82, 2.24) is 4.90 Å². The fourth-order valence-corrected chi connectivity index (χ4v) is 0.830. The fourth-order valence-electron chi connectivity index (χ4n) is 0.277. The number of hydrogen-bond donors (Lipinski definition) is 0. The highest BCUT2D eigenvalue weighted by Gasteiger charge is 1.89. The molecule has 0 amide bonds. The Kier molecular flexibility index (Phi) is 5.37. The minimum absolute atomic E-state index is 0.639. The van der Waals surface area contributed by atoms with Gasteiger partial charge in [-0.3, -0.25) is 0 Å². The average Bonchev–Trinajstić information content (AvgIpc) is 1.66. The van der Waals surface area contributed by atoms with E-state index in [0.29, 0.717) is 9.76 Å². The number of rotatable bonds is 4. The minimum Gasteiger partial charge on any atom is -0.416 e. The SMILES string of the molecule is CCO[Si]CN(C)C. The van der Waals surface area contributed by atoms with Crippen LogP contribution in [0.4, 0.5) is 0 Å². The molecule has 0 unspecified atom stereocenters. The van der Waals surface area contributed by atoms with Crippen molar-refractivity contribution in [3.63, 3.8) is 0 Å². The first-order valence-corrected chi connectivity index (χ1v) is 3.88. The molecule has 0 fully saturated rings. The molecule has 0 aliphatic carbocycles. The lowest BCUT2D eigenvalue weighted by atomic mass is 10.9. The van der Waals surface area contributed by atoms with Crippen molar-refractivity contribution in [3.8, 4) is 0 Å². The van der Waals surface area contributed by atoms with Crippen LogP contribution in [0.2, 0.25) is 0 Å². The van der Waals surface area contributed by atoms with E-state index in [1.807, 2.05) is 21.0 Å². The van der Waals surface area contributed by atoms with Crippen molar-refractivity contribution in [2.45, 2.75) is 6.92 Å². The molecule has 0 heterocycles. The molecule has 0 aliphatic heterocycles. The van der Waals surface area contributed by atoms with Gasteiger partial charge in [0.05, 0.1) is 0 Å². The molecule has 0 N–H and O–H groups in total. The molecule has 0 saturated carbocycles. The zero-order chi connectivity index (χ0) is 6.41. The standard InChI is InChI=1S/C5H13NOSi/c1-4-7-8-5-6(2)3/h4-5H2,1-3H3. The van der Waals surface area contributed by atoms with Gasteiger partial charge in [0.2, 0.25) is 9.76 Å². The number of hydrogen-bond acceptors (Lipinski definition) is 2. The summed E-state index contributed by atoms with van der Waals surface area (Å²) in [7, 11) is 4.73. The maximum atomic E-state index is 5.13. The molecular formula is C5H13NOSi. The van der Waals surface area contributed by atoms with Crippen LogP contribution in [0.5, 0.6) is 0 Å². The lowest BCUT2D eigenvalue weighted by Crippen LogP contribution is -2.20. The smallest absolute Gasteiger partial charge is 0.245 e. The van der Waals surface area contributed by atoms with Gasteiger partial charge in [-0.15, -0.1) is 0 Å². The summed E-state index contributed by atoms with van der Waals surface area (Å²) in [6.07, 6.45) is 1.05. The van der Waals surface area contributed by atoms with Gasteiger partial charge in [-0.25, -0.2) is 0 Å². The van der Waals surface area contributed by atoms with Gasteiger partial charge in [0, 0.05) is 12.8 Å². The van der Waals surface area contributed by atoms with Crippen molar-refractivity contribution in [2.24, 2.45) is 0 Å². The molecule has 0 spiro atoms. The van der Waals surface area contributed by atoms with E-state index >= 15 is 0 Å². The van der Waals surface area contributed by atoms with Crippen molar-refractivity contribution in [3.05, 3.63) is 0 Å². The van der Waals surface area contributed by atoms with Crippen LogP contribution in [0, 0.1) is 0 Å². The first-order valence-electron chi connectivity index (χ1n) is 2.76. The van der Waals surface area contributed by atoms with Crippen LogP contribution in [-0.2, 0) is 4.43 Å². The van der Waals surface area contributed by atoms with E-state index in [1.54, 1.807) is 0 Å². The summed E-state index contributed by atoms with van der Waals surface area (Å²) in [6.45, 7) is 2.86. The molecule has 48 valence electrons. The van der Waals surface area contributed by atoms with Crippen molar-refractivity contribution >= 4 is 9.76 Å². The Balaban J connectivity index is 2.72. The van der Waals surface area contributed by atoms with E-state index in [4.69, 9.17) is 4.43 Å². The molecule has 0 bridgehead atoms. The third-order valence-electron chi connectivity index (χ3n) is 0.627. The molecule has 0 aromatic rings.